The van der Waals surface area contributed by atoms with Crippen LogP contribution in [-0.4, -0.2) is 35.0 Å². The Morgan fingerprint density at radius 3 is 2.15 bits per heavy atom. The minimum absolute atomic E-state index is 0.425. The van der Waals surface area contributed by atoms with Crippen LogP contribution in [0.25, 0.3) is 0 Å². The van der Waals surface area contributed by atoms with Crippen molar-refractivity contribution in [2.75, 3.05) is 13.1 Å². The van der Waals surface area contributed by atoms with Gasteiger partial charge < -0.3 is 10.0 Å². The molecule has 108 valence electrons. The second kappa shape index (κ2) is 6.07. The maximum Gasteiger partial charge on any atom is 0.394 e. The fraction of sp³-hybridized carbons (Fsp3) is 0.500. The summed E-state index contributed by atoms with van der Waals surface area (Å²) in [5.74, 6) is -1.18. The summed E-state index contributed by atoms with van der Waals surface area (Å²) in [4.78, 5) is 23.5. The Hall–Kier alpha value is -1.84. The molecule has 2 rings (SSSR count). The lowest BCUT2D eigenvalue weighted by atomic mass is 9.88. The van der Waals surface area contributed by atoms with E-state index < -0.39 is 11.9 Å². The Morgan fingerprint density at radius 2 is 1.70 bits per heavy atom. The first kappa shape index (κ1) is 14.6. The van der Waals surface area contributed by atoms with Crippen molar-refractivity contribution in [1.82, 2.24) is 4.90 Å². The van der Waals surface area contributed by atoms with Crippen LogP contribution in [0, 0.1) is 0 Å². The van der Waals surface area contributed by atoms with Gasteiger partial charge in [0.05, 0.1) is 0 Å². The average molecular weight is 275 g/mol. The highest BCUT2D eigenvalue weighted by Gasteiger charge is 2.27. The topological polar surface area (TPSA) is 57.6 Å². The fourth-order valence-electron chi connectivity index (χ4n) is 2.70. The van der Waals surface area contributed by atoms with Gasteiger partial charge in [-0.1, -0.05) is 38.1 Å². The van der Waals surface area contributed by atoms with Gasteiger partial charge in [-0.2, -0.15) is 0 Å². The average Bonchev–Trinajstić information content (AvgIpc) is 2.46. The summed E-state index contributed by atoms with van der Waals surface area (Å²) in [5.41, 5.74) is 2.61. The van der Waals surface area contributed by atoms with Crippen LogP contribution in [0.1, 0.15) is 49.7 Å². The first-order valence-corrected chi connectivity index (χ1v) is 7.11. The van der Waals surface area contributed by atoms with Gasteiger partial charge in [0.25, 0.3) is 0 Å². The van der Waals surface area contributed by atoms with E-state index in [1.807, 2.05) is 0 Å². The normalized spacial score (nSPS) is 16.4. The molecule has 0 atom stereocenters. The van der Waals surface area contributed by atoms with Crippen molar-refractivity contribution in [1.29, 1.82) is 0 Å². The van der Waals surface area contributed by atoms with Gasteiger partial charge in [0.15, 0.2) is 0 Å². The number of hydrogen-bond donors (Lipinski definition) is 1. The first-order chi connectivity index (χ1) is 9.49. The molecule has 0 spiro atoms. The molecule has 0 aromatic heterocycles. The van der Waals surface area contributed by atoms with E-state index in [1.54, 1.807) is 0 Å². The minimum Gasteiger partial charge on any atom is -0.474 e. The van der Waals surface area contributed by atoms with Gasteiger partial charge in [-0.3, -0.25) is 4.79 Å². The van der Waals surface area contributed by atoms with E-state index in [-0.39, 0.29) is 0 Å². The van der Waals surface area contributed by atoms with Crippen LogP contribution < -0.4 is 0 Å². The summed E-state index contributed by atoms with van der Waals surface area (Å²) >= 11 is 0. The zero-order valence-electron chi connectivity index (χ0n) is 12.0. The number of benzene rings is 1. The number of piperidine rings is 1. The fourth-order valence-corrected chi connectivity index (χ4v) is 2.70. The number of carbonyl (C=O) groups excluding carboxylic acids is 1. The van der Waals surface area contributed by atoms with Crippen LogP contribution in [-0.2, 0) is 9.59 Å². The Kier molecular flexibility index (Phi) is 4.42. The van der Waals surface area contributed by atoms with Crippen molar-refractivity contribution in [3.8, 4) is 0 Å². The summed E-state index contributed by atoms with van der Waals surface area (Å²) < 4.78 is 0. The second-order valence-electron chi connectivity index (χ2n) is 5.69. The number of carboxylic acids is 1. The number of rotatable bonds is 2. The van der Waals surface area contributed by atoms with E-state index in [0.717, 1.165) is 12.8 Å². The van der Waals surface area contributed by atoms with Crippen molar-refractivity contribution in [2.24, 2.45) is 0 Å². The lowest BCUT2D eigenvalue weighted by Crippen LogP contribution is -2.41. The Labute approximate surface area is 119 Å². The van der Waals surface area contributed by atoms with Gasteiger partial charge >= 0.3 is 11.9 Å². The lowest BCUT2D eigenvalue weighted by Gasteiger charge is -2.31. The van der Waals surface area contributed by atoms with Crippen LogP contribution >= 0.6 is 0 Å². The maximum atomic E-state index is 11.4. The van der Waals surface area contributed by atoms with Crippen molar-refractivity contribution in [3.63, 3.8) is 0 Å². The summed E-state index contributed by atoms with van der Waals surface area (Å²) in [7, 11) is 0. The van der Waals surface area contributed by atoms with Crippen LogP contribution in [0.4, 0.5) is 0 Å². The molecule has 0 saturated carbocycles. The molecule has 1 aliphatic rings. The standard InChI is InChI=1S/C16H21NO3/c1-11(2)12-3-5-13(6-4-12)14-7-9-17(10-8-14)15(18)16(19)20/h3-6,11,14H,7-10H2,1-2H3,(H,19,20). The number of amides is 1. The van der Waals surface area contributed by atoms with Gasteiger partial charge in [0, 0.05) is 13.1 Å². The number of nitrogens with zero attached hydrogens (tertiary/aromatic N) is 1. The van der Waals surface area contributed by atoms with Gasteiger partial charge in [0.1, 0.15) is 0 Å². The Balaban J connectivity index is 1.97. The summed E-state index contributed by atoms with van der Waals surface area (Å²) in [6.07, 6.45) is 1.67. The van der Waals surface area contributed by atoms with E-state index >= 15 is 0 Å². The molecule has 1 amide bonds. The predicted molar refractivity (Wildman–Crippen MR) is 76.7 cm³/mol. The van der Waals surface area contributed by atoms with Crippen LogP contribution in [0.3, 0.4) is 0 Å². The SMILES string of the molecule is CC(C)c1ccc(C2CCN(C(=O)C(=O)O)CC2)cc1. The molecule has 0 radical (unpaired) electrons. The molecule has 1 fully saturated rings. The van der Waals surface area contributed by atoms with E-state index in [0.29, 0.717) is 24.9 Å². The Bertz CT molecular complexity index is 485. The zero-order valence-corrected chi connectivity index (χ0v) is 12.0. The monoisotopic (exact) mass is 275 g/mol. The molecule has 1 aliphatic heterocycles. The maximum absolute atomic E-state index is 11.4. The number of likely N-dealkylation sites (tertiary alicyclic amines) is 1. The molecule has 0 aliphatic carbocycles. The van der Waals surface area contributed by atoms with Gasteiger partial charge in [-0.15, -0.1) is 0 Å². The van der Waals surface area contributed by atoms with Gasteiger partial charge in [-0.05, 0) is 35.8 Å². The number of hydrogen-bond acceptors (Lipinski definition) is 2. The van der Waals surface area contributed by atoms with E-state index in [9.17, 15) is 9.59 Å². The third-order valence-electron chi connectivity index (χ3n) is 4.04. The quantitative estimate of drug-likeness (QED) is 0.844. The zero-order chi connectivity index (χ0) is 14.7. The van der Waals surface area contributed by atoms with E-state index in [1.165, 1.54) is 16.0 Å². The summed E-state index contributed by atoms with van der Waals surface area (Å²) in [5, 5.41) is 8.71. The minimum atomic E-state index is -1.36. The number of carbonyl (C=O) groups is 2. The van der Waals surface area contributed by atoms with Crippen molar-refractivity contribution in [2.45, 2.75) is 38.5 Å². The van der Waals surface area contributed by atoms with Crippen LogP contribution in [0.5, 0.6) is 0 Å². The number of aliphatic carboxylic acids is 1. The highest BCUT2D eigenvalue weighted by molar-refractivity contribution is 6.31. The predicted octanol–water partition coefficient (Wildman–Crippen LogP) is 2.60. The van der Waals surface area contributed by atoms with Crippen molar-refractivity contribution >= 4 is 11.9 Å². The third-order valence-corrected chi connectivity index (χ3v) is 4.04. The number of carboxylic acid groups (broad SMARTS) is 1. The van der Waals surface area contributed by atoms with Gasteiger partial charge in [-0.25, -0.2) is 4.79 Å². The molecule has 20 heavy (non-hydrogen) atoms. The first-order valence-electron chi connectivity index (χ1n) is 7.11. The highest BCUT2D eigenvalue weighted by Crippen LogP contribution is 2.29. The van der Waals surface area contributed by atoms with Gasteiger partial charge in [0.2, 0.25) is 0 Å². The van der Waals surface area contributed by atoms with E-state index in [2.05, 4.69) is 38.1 Å². The van der Waals surface area contributed by atoms with Crippen molar-refractivity contribution < 1.29 is 14.7 Å². The molecule has 1 N–H and O–H groups in total. The van der Waals surface area contributed by atoms with Crippen LogP contribution in [0.2, 0.25) is 0 Å². The lowest BCUT2D eigenvalue weighted by molar-refractivity contribution is -0.156. The molecule has 1 heterocycles. The molecule has 4 nitrogen and oxygen atoms in total. The molecule has 1 aromatic rings. The molecule has 1 saturated heterocycles. The molecular weight excluding hydrogens is 254 g/mol. The highest BCUT2D eigenvalue weighted by atomic mass is 16.4. The molecule has 0 bridgehead atoms. The Morgan fingerprint density at radius 1 is 1.15 bits per heavy atom. The summed E-state index contributed by atoms with van der Waals surface area (Å²) in [6, 6.07) is 8.65. The smallest absolute Gasteiger partial charge is 0.394 e. The third kappa shape index (κ3) is 3.18. The van der Waals surface area contributed by atoms with Crippen LogP contribution in [0.15, 0.2) is 24.3 Å². The largest absolute Gasteiger partial charge is 0.474 e. The summed E-state index contributed by atoms with van der Waals surface area (Å²) in [6.45, 7) is 5.40. The molecule has 1 aromatic carbocycles. The molecule has 0 unspecified atom stereocenters. The second-order valence-corrected chi connectivity index (χ2v) is 5.69. The van der Waals surface area contributed by atoms with E-state index in [4.69, 9.17) is 5.11 Å². The molecule has 4 heteroatoms. The van der Waals surface area contributed by atoms with Crippen molar-refractivity contribution in [3.05, 3.63) is 35.4 Å². The molecular formula is C16H21NO3.